The zero-order valence-electron chi connectivity index (χ0n) is 23.9. The van der Waals surface area contributed by atoms with Gasteiger partial charge in [-0.05, 0) is 76.6 Å². The van der Waals surface area contributed by atoms with Crippen LogP contribution in [0.5, 0.6) is 23.0 Å². The average Bonchev–Trinajstić information content (AvgIpc) is 2.64. The fourth-order valence-corrected chi connectivity index (χ4v) is 3.79. The first-order chi connectivity index (χ1) is 15.3. The van der Waals surface area contributed by atoms with Gasteiger partial charge < -0.3 is 18.9 Å². The van der Waals surface area contributed by atoms with Crippen molar-refractivity contribution in [2.45, 2.75) is 105 Å². The largest absolute Gasteiger partial charge is 0.497 e. The standard InChI is InChI=1S/C30H46O4/c1-27(2,3)23-17-19(31-13)15-21(25(23)33-29(7,8)9)22-16-20(32-14)18-24(28(4,5)6)26(22)34-30(10,11)12/h15-18H,1-14H3. The quantitative estimate of drug-likeness (QED) is 0.440. The molecular weight excluding hydrogens is 424 g/mol. The van der Waals surface area contributed by atoms with Gasteiger partial charge in [0.05, 0.1) is 14.2 Å². The zero-order chi connectivity index (χ0) is 26.3. The third kappa shape index (κ3) is 6.84. The van der Waals surface area contributed by atoms with E-state index in [1.54, 1.807) is 14.2 Å². The SMILES string of the molecule is COc1cc(-c2cc(OC)cc(C(C)(C)C)c2OC(C)(C)C)c(OC(C)(C)C)c(C(C)(C)C)c1. The molecule has 0 fully saturated rings. The van der Waals surface area contributed by atoms with Crippen molar-refractivity contribution in [2.24, 2.45) is 0 Å². The molecule has 0 saturated carbocycles. The summed E-state index contributed by atoms with van der Waals surface area (Å²) in [6, 6.07) is 8.26. The second kappa shape index (κ2) is 9.36. The normalized spacial score (nSPS) is 13.0. The molecule has 190 valence electrons. The topological polar surface area (TPSA) is 36.9 Å². The molecule has 4 heteroatoms. The first-order valence-corrected chi connectivity index (χ1v) is 12.1. The lowest BCUT2D eigenvalue weighted by Crippen LogP contribution is -2.27. The lowest BCUT2D eigenvalue weighted by molar-refractivity contribution is 0.125. The maximum atomic E-state index is 6.68. The molecule has 2 aromatic carbocycles. The Labute approximate surface area is 208 Å². The van der Waals surface area contributed by atoms with Crippen LogP contribution in [-0.4, -0.2) is 25.4 Å². The van der Waals surface area contributed by atoms with Crippen molar-refractivity contribution < 1.29 is 18.9 Å². The zero-order valence-corrected chi connectivity index (χ0v) is 23.9. The summed E-state index contributed by atoms with van der Waals surface area (Å²) >= 11 is 0. The second-order valence-electron chi connectivity index (χ2n) is 13.0. The van der Waals surface area contributed by atoms with Gasteiger partial charge in [0, 0.05) is 22.3 Å². The van der Waals surface area contributed by atoms with Crippen LogP contribution >= 0.6 is 0 Å². The Bertz CT molecular complexity index is 923. The number of hydrogen-bond acceptors (Lipinski definition) is 4. The molecule has 0 amide bonds. The highest BCUT2D eigenvalue weighted by molar-refractivity contribution is 5.82. The molecule has 34 heavy (non-hydrogen) atoms. The molecule has 0 aliphatic rings. The molecule has 0 atom stereocenters. The number of ether oxygens (including phenoxy) is 4. The van der Waals surface area contributed by atoms with Gasteiger partial charge in [0.15, 0.2) is 0 Å². The lowest BCUT2D eigenvalue weighted by atomic mass is 9.81. The van der Waals surface area contributed by atoms with E-state index in [4.69, 9.17) is 18.9 Å². The highest BCUT2D eigenvalue weighted by Crippen LogP contribution is 2.50. The van der Waals surface area contributed by atoms with E-state index >= 15 is 0 Å². The molecule has 0 aliphatic heterocycles. The van der Waals surface area contributed by atoms with Crippen molar-refractivity contribution in [3.8, 4) is 34.1 Å². The van der Waals surface area contributed by atoms with Crippen molar-refractivity contribution in [3.63, 3.8) is 0 Å². The molecule has 0 aliphatic carbocycles. The third-order valence-electron chi connectivity index (χ3n) is 5.32. The van der Waals surface area contributed by atoms with E-state index in [0.717, 1.165) is 45.3 Å². The summed E-state index contributed by atoms with van der Waals surface area (Å²) in [6.45, 7) is 25.6. The fraction of sp³-hybridized carbons (Fsp3) is 0.600. The van der Waals surface area contributed by atoms with E-state index in [2.05, 4.69) is 95.2 Å². The van der Waals surface area contributed by atoms with Gasteiger partial charge in [0.1, 0.15) is 34.2 Å². The van der Waals surface area contributed by atoms with Crippen LogP contribution in [0.15, 0.2) is 24.3 Å². The van der Waals surface area contributed by atoms with Crippen LogP contribution in [0.4, 0.5) is 0 Å². The van der Waals surface area contributed by atoms with Gasteiger partial charge in [0.2, 0.25) is 0 Å². The van der Waals surface area contributed by atoms with Crippen LogP contribution < -0.4 is 18.9 Å². The summed E-state index contributed by atoms with van der Waals surface area (Å²) in [5, 5.41) is 0. The van der Waals surface area contributed by atoms with Crippen LogP contribution in [0.2, 0.25) is 0 Å². The minimum absolute atomic E-state index is 0.166. The molecule has 0 spiro atoms. The molecule has 0 unspecified atom stereocenters. The summed E-state index contributed by atoms with van der Waals surface area (Å²) in [5.41, 5.74) is 2.92. The highest BCUT2D eigenvalue weighted by atomic mass is 16.5. The molecule has 0 saturated heterocycles. The highest BCUT2D eigenvalue weighted by Gasteiger charge is 2.32. The maximum absolute atomic E-state index is 6.68. The molecule has 0 heterocycles. The van der Waals surface area contributed by atoms with Gasteiger partial charge in [-0.3, -0.25) is 0 Å². The molecule has 0 bridgehead atoms. The van der Waals surface area contributed by atoms with Gasteiger partial charge in [-0.2, -0.15) is 0 Å². The Morgan fingerprint density at radius 1 is 0.471 bits per heavy atom. The maximum Gasteiger partial charge on any atom is 0.132 e. The first-order valence-electron chi connectivity index (χ1n) is 12.1. The molecule has 2 aromatic rings. The number of rotatable bonds is 5. The Balaban J connectivity index is 3.12. The van der Waals surface area contributed by atoms with Crippen molar-refractivity contribution in [2.75, 3.05) is 14.2 Å². The number of methoxy groups -OCH3 is 2. The molecule has 4 nitrogen and oxygen atoms in total. The minimum Gasteiger partial charge on any atom is -0.497 e. The van der Waals surface area contributed by atoms with Crippen LogP contribution in [0.3, 0.4) is 0 Å². The van der Waals surface area contributed by atoms with Gasteiger partial charge in [0.25, 0.3) is 0 Å². The Morgan fingerprint density at radius 2 is 0.765 bits per heavy atom. The fourth-order valence-electron chi connectivity index (χ4n) is 3.79. The summed E-state index contributed by atoms with van der Waals surface area (Å²) in [6.07, 6.45) is 0. The summed E-state index contributed by atoms with van der Waals surface area (Å²) in [5.74, 6) is 3.24. The van der Waals surface area contributed by atoms with Crippen LogP contribution in [0, 0.1) is 0 Å². The first kappa shape index (κ1) is 27.9. The average molecular weight is 471 g/mol. The Morgan fingerprint density at radius 3 is 0.971 bits per heavy atom. The predicted molar refractivity (Wildman–Crippen MR) is 143 cm³/mol. The van der Waals surface area contributed by atoms with E-state index in [1.807, 2.05) is 12.1 Å². The van der Waals surface area contributed by atoms with Crippen LogP contribution in [-0.2, 0) is 10.8 Å². The molecule has 0 radical (unpaired) electrons. The van der Waals surface area contributed by atoms with E-state index in [9.17, 15) is 0 Å². The monoisotopic (exact) mass is 470 g/mol. The Hall–Kier alpha value is -2.36. The molecule has 2 rings (SSSR count). The van der Waals surface area contributed by atoms with E-state index in [0.29, 0.717) is 0 Å². The van der Waals surface area contributed by atoms with Gasteiger partial charge in [-0.15, -0.1) is 0 Å². The van der Waals surface area contributed by atoms with Crippen molar-refractivity contribution in [1.82, 2.24) is 0 Å². The molecule has 0 aromatic heterocycles. The van der Waals surface area contributed by atoms with Crippen molar-refractivity contribution in [3.05, 3.63) is 35.4 Å². The number of hydrogen-bond donors (Lipinski definition) is 0. The van der Waals surface area contributed by atoms with Crippen molar-refractivity contribution >= 4 is 0 Å². The third-order valence-corrected chi connectivity index (χ3v) is 5.32. The summed E-state index contributed by atoms with van der Waals surface area (Å²) in [4.78, 5) is 0. The van der Waals surface area contributed by atoms with E-state index in [-0.39, 0.29) is 22.0 Å². The van der Waals surface area contributed by atoms with E-state index < -0.39 is 0 Å². The second-order valence-corrected chi connectivity index (χ2v) is 13.0. The summed E-state index contributed by atoms with van der Waals surface area (Å²) < 4.78 is 24.9. The van der Waals surface area contributed by atoms with Crippen LogP contribution in [0.25, 0.3) is 11.1 Å². The summed E-state index contributed by atoms with van der Waals surface area (Å²) in [7, 11) is 3.41. The van der Waals surface area contributed by atoms with Gasteiger partial charge >= 0.3 is 0 Å². The van der Waals surface area contributed by atoms with Crippen molar-refractivity contribution in [1.29, 1.82) is 0 Å². The van der Waals surface area contributed by atoms with Gasteiger partial charge in [-0.1, -0.05) is 41.5 Å². The van der Waals surface area contributed by atoms with Gasteiger partial charge in [-0.25, -0.2) is 0 Å². The van der Waals surface area contributed by atoms with Crippen LogP contribution in [0.1, 0.15) is 94.2 Å². The minimum atomic E-state index is -0.389. The van der Waals surface area contributed by atoms with E-state index in [1.165, 1.54) is 0 Å². The smallest absolute Gasteiger partial charge is 0.132 e. The Kier molecular flexibility index (Phi) is 7.67. The number of benzene rings is 2. The lowest BCUT2D eigenvalue weighted by Gasteiger charge is -2.33. The molecular formula is C30H46O4. The molecule has 0 N–H and O–H groups in total. The predicted octanol–water partition coefficient (Wildman–Crippen LogP) is 8.32.